The molecule has 2 heterocycles. The van der Waals surface area contributed by atoms with Crippen molar-refractivity contribution in [2.24, 2.45) is 0 Å². The number of nitrogens with zero attached hydrogens (tertiary/aromatic N) is 5. The van der Waals surface area contributed by atoms with E-state index < -0.39 is 0 Å². The average molecular weight is 288 g/mol. The van der Waals surface area contributed by atoms with Gasteiger partial charge in [-0.05, 0) is 0 Å². The smallest absolute Gasteiger partial charge is 0.208 e. The summed E-state index contributed by atoms with van der Waals surface area (Å²) in [7, 11) is 5.75. The number of thioether (sulfide) groups is 1. The zero-order valence-electron chi connectivity index (χ0n) is 9.67. The fraction of sp³-hybridized carbons (Fsp3) is 0.500. The Labute approximate surface area is 111 Å². The Morgan fingerprint density at radius 1 is 1.18 bits per heavy atom. The van der Waals surface area contributed by atoms with Gasteiger partial charge in [0.2, 0.25) is 10.3 Å². The molecule has 1 N–H and O–H groups in total. The highest BCUT2D eigenvalue weighted by molar-refractivity contribution is 8.00. The van der Waals surface area contributed by atoms with Crippen molar-refractivity contribution in [3.8, 4) is 0 Å². The minimum absolute atomic E-state index is 0.779. The third-order valence-corrected chi connectivity index (χ3v) is 5.14. The zero-order chi connectivity index (χ0) is 12.3. The van der Waals surface area contributed by atoms with Gasteiger partial charge in [0.05, 0.1) is 5.75 Å². The second-order valence-corrected chi connectivity index (χ2v) is 6.53. The lowest BCUT2D eigenvalue weighted by Crippen LogP contribution is -2.07. The molecule has 2 aromatic heterocycles. The number of nitrogens with one attached hydrogen (secondary N) is 1. The van der Waals surface area contributed by atoms with Gasteiger partial charge in [0, 0.05) is 21.1 Å². The van der Waals surface area contributed by atoms with Crippen LogP contribution in [0.4, 0.5) is 10.3 Å². The van der Waals surface area contributed by atoms with Crippen molar-refractivity contribution in [3.63, 3.8) is 0 Å². The molecule has 0 bridgehead atoms. The molecule has 0 aliphatic carbocycles. The number of aromatic nitrogens is 4. The first-order chi connectivity index (χ1) is 8.19. The number of hydrogen-bond donors (Lipinski definition) is 1. The Kier molecular flexibility index (Phi) is 4.13. The molecule has 9 heteroatoms. The summed E-state index contributed by atoms with van der Waals surface area (Å²) in [6.07, 6.45) is 0. The summed E-state index contributed by atoms with van der Waals surface area (Å²) < 4.78 is 0.954. The largest absolute Gasteiger partial charge is 0.363 e. The number of rotatable bonds is 5. The van der Waals surface area contributed by atoms with E-state index in [1.54, 1.807) is 34.4 Å². The van der Waals surface area contributed by atoms with Crippen LogP contribution in [0.15, 0.2) is 4.34 Å². The van der Waals surface area contributed by atoms with Gasteiger partial charge in [-0.3, -0.25) is 0 Å². The molecule has 2 aromatic rings. The fourth-order valence-electron chi connectivity index (χ4n) is 0.978. The predicted octanol–water partition coefficient (Wildman–Crippen LogP) is 1.79. The van der Waals surface area contributed by atoms with E-state index in [1.807, 2.05) is 26.0 Å². The van der Waals surface area contributed by atoms with Gasteiger partial charge in [-0.25, -0.2) is 0 Å². The normalized spacial score (nSPS) is 10.5. The minimum atomic E-state index is 0.779. The van der Waals surface area contributed by atoms with Crippen LogP contribution in [0.5, 0.6) is 0 Å². The van der Waals surface area contributed by atoms with E-state index in [4.69, 9.17) is 0 Å². The van der Waals surface area contributed by atoms with Crippen LogP contribution < -0.4 is 10.2 Å². The standard InChI is InChI=1S/C8H12N6S3/c1-9-6-11-10-5(16-6)4-15-8-13-12-7(17-8)14(2)3/h4H2,1-3H3,(H,9,11). The quantitative estimate of drug-likeness (QED) is 0.841. The van der Waals surface area contributed by atoms with Gasteiger partial charge in [0.1, 0.15) is 5.01 Å². The van der Waals surface area contributed by atoms with E-state index in [0.29, 0.717) is 0 Å². The van der Waals surface area contributed by atoms with Crippen molar-refractivity contribution in [1.29, 1.82) is 0 Å². The molecule has 0 radical (unpaired) electrons. The van der Waals surface area contributed by atoms with Crippen LogP contribution in [0.25, 0.3) is 0 Å². The SMILES string of the molecule is CNc1nnc(CSc2nnc(N(C)C)s2)s1. The molecule has 0 atom stereocenters. The molecule has 0 saturated heterocycles. The molecule has 0 spiro atoms. The zero-order valence-corrected chi connectivity index (χ0v) is 12.1. The van der Waals surface area contributed by atoms with E-state index in [1.165, 1.54) is 0 Å². The van der Waals surface area contributed by atoms with Crippen LogP contribution in [-0.4, -0.2) is 41.5 Å². The molecule has 92 valence electrons. The summed E-state index contributed by atoms with van der Waals surface area (Å²) in [5.41, 5.74) is 0. The van der Waals surface area contributed by atoms with Crippen LogP contribution in [0.3, 0.4) is 0 Å². The first-order valence-corrected chi connectivity index (χ1v) is 7.44. The van der Waals surface area contributed by atoms with Crippen molar-refractivity contribution < 1.29 is 0 Å². The highest BCUT2D eigenvalue weighted by Crippen LogP contribution is 2.30. The van der Waals surface area contributed by atoms with Gasteiger partial charge in [0.25, 0.3) is 0 Å². The lowest BCUT2D eigenvalue weighted by molar-refractivity contribution is 0.971. The average Bonchev–Trinajstić information content (AvgIpc) is 2.95. The molecule has 2 rings (SSSR count). The second kappa shape index (κ2) is 5.61. The van der Waals surface area contributed by atoms with Gasteiger partial charge in [-0.1, -0.05) is 34.4 Å². The molecule has 0 amide bonds. The maximum atomic E-state index is 4.11. The molecule has 6 nitrogen and oxygen atoms in total. The molecular formula is C8H12N6S3. The van der Waals surface area contributed by atoms with Crippen LogP contribution in [-0.2, 0) is 5.75 Å². The highest BCUT2D eigenvalue weighted by Gasteiger charge is 2.08. The van der Waals surface area contributed by atoms with E-state index in [0.717, 1.165) is 25.4 Å². The van der Waals surface area contributed by atoms with E-state index in [-0.39, 0.29) is 0 Å². The van der Waals surface area contributed by atoms with Crippen molar-refractivity contribution >= 4 is 44.7 Å². The van der Waals surface area contributed by atoms with Crippen LogP contribution in [0.1, 0.15) is 5.01 Å². The number of hydrogen-bond acceptors (Lipinski definition) is 9. The third kappa shape index (κ3) is 3.27. The fourth-order valence-corrected chi connectivity index (χ4v) is 3.42. The summed E-state index contributed by atoms with van der Waals surface area (Å²) in [6.45, 7) is 0. The van der Waals surface area contributed by atoms with Gasteiger partial charge in [0.15, 0.2) is 4.34 Å². The Bertz CT molecular complexity index is 479. The molecular weight excluding hydrogens is 276 g/mol. The minimum Gasteiger partial charge on any atom is -0.363 e. The lowest BCUT2D eigenvalue weighted by atomic mass is 10.9. The molecule has 0 aliphatic heterocycles. The van der Waals surface area contributed by atoms with Crippen molar-refractivity contribution in [3.05, 3.63) is 5.01 Å². The highest BCUT2D eigenvalue weighted by atomic mass is 32.2. The van der Waals surface area contributed by atoms with Gasteiger partial charge >= 0.3 is 0 Å². The molecule has 17 heavy (non-hydrogen) atoms. The van der Waals surface area contributed by atoms with Crippen molar-refractivity contribution in [1.82, 2.24) is 20.4 Å². The van der Waals surface area contributed by atoms with Crippen molar-refractivity contribution in [2.75, 3.05) is 31.4 Å². The third-order valence-electron chi connectivity index (χ3n) is 1.78. The monoisotopic (exact) mass is 288 g/mol. The summed E-state index contributed by atoms with van der Waals surface area (Å²) in [4.78, 5) is 1.95. The maximum absolute atomic E-state index is 4.11. The summed E-state index contributed by atoms with van der Waals surface area (Å²) in [5, 5.41) is 22.0. The maximum Gasteiger partial charge on any atom is 0.208 e. The van der Waals surface area contributed by atoms with Crippen LogP contribution in [0.2, 0.25) is 0 Å². The van der Waals surface area contributed by atoms with Gasteiger partial charge in [-0.2, -0.15) is 0 Å². The topological polar surface area (TPSA) is 66.8 Å². The molecule has 0 aliphatic rings. The molecule has 0 saturated carbocycles. The lowest BCUT2D eigenvalue weighted by Gasteiger charge is -2.03. The van der Waals surface area contributed by atoms with E-state index >= 15 is 0 Å². The Balaban J connectivity index is 1.92. The van der Waals surface area contributed by atoms with E-state index in [2.05, 4.69) is 25.7 Å². The Hall–Kier alpha value is -0.930. The Morgan fingerprint density at radius 3 is 2.59 bits per heavy atom. The van der Waals surface area contributed by atoms with Crippen LogP contribution >= 0.6 is 34.4 Å². The molecule has 0 aromatic carbocycles. The summed E-state index contributed by atoms with van der Waals surface area (Å²) >= 11 is 4.77. The first kappa shape index (κ1) is 12.5. The first-order valence-electron chi connectivity index (χ1n) is 4.83. The predicted molar refractivity (Wildman–Crippen MR) is 73.3 cm³/mol. The summed E-state index contributed by atoms with van der Waals surface area (Å²) in [5.74, 6) is 0.779. The Morgan fingerprint density at radius 2 is 2.00 bits per heavy atom. The molecule has 0 unspecified atom stereocenters. The number of anilines is 2. The summed E-state index contributed by atoms with van der Waals surface area (Å²) in [6, 6.07) is 0. The van der Waals surface area contributed by atoms with Gasteiger partial charge < -0.3 is 10.2 Å². The van der Waals surface area contributed by atoms with E-state index in [9.17, 15) is 0 Å². The van der Waals surface area contributed by atoms with Crippen molar-refractivity contribution in [2.45, 2.75) is 10.1 Å². The van der Waals surface area contributed by atoms with Crippen LogP contribution in [0, 0.1) is 0 Å². The van der Waals surface area contributed by atoms with Gasteiger partial charge in [-0.15, -0.1) is 20.4 Å². The second-order valence-electron chi connectivity index (χ2n) is 3.28. The molecule has 0 fully saturated rings.